The molecule has 1 aliphatic heterocycles. The highest BCUT2D eigenvalue weighted by molar-refractivity contribution is 7.92. The van der Waals surface area contributed by atoms with Gasteiger partial charge >= 0.3 is 0 Å². The number of anilines is 1. The summed E-state index contributed by atoms with van der Waals surface area (Å²) in [5, 5.41) is 1.05. The van der Waals surface area contributed by atoms with Gasteiger partial charge in [-0.3, -0.25) is 14.6 Å². The number of aromatic nitrogens is 1. The molecule has 8 nitrogen and oxygen atoms in total. The second-order valence-corrected chi connectivity index (χ2v) is 12.2. The largest absolute Gasteiger partial charge is 0.341 e. The summed E-state index contributed by atoms with van der Waals surface area (Å²) in [4.78, 5) is 33.2. The first-order chi connectivity index (χ1) is 18.0. The number of thiophene rings is 1. The molecule has 0 spiro atoms. The van der Waals surface area contributed by atoms with Crippen molar-refractivity contribution < 1.29 is 22.4 Å². The molecule has 4 rings (SSSR count). The Morgan fingerprint density at radius 3 is 2.76 bits per heavy atom. The van der Waals surface area contributed by atoms with E-state index in [0.717, 1.165) is 17.0 Å². The Morgan fingerprint density at radius 1 is 1.32 bits per heavy atom. The molecule has 1 atom stereocenters. The number of rotatable bonds is 9. The highest BCUT2D eigenvalue weighted by atomic mass is 35.5. The van der Waals surface area contributed by atoms with E-state index in [9.17, 15) is 18.0 Å². The molecule has 38 heavy (non-hydrogen) atoms. The Labute approximate surface area is 229 Å². The first-order valence-corrected chi connectivity index (χ1v) is 14.5. The van der Waals surface area contributed by atoms with Gasteiger partial charge in [0.25, 0.3) is 5.91 Å². The van der Waals surface area contributed by atoms with E-state index < -0.39 is 27.8 Å². The molecular formula is C26H26ClFN4O4S2. The number of nitrogens with one attached hydrogen (secondary N) is 1. The third kappa shape index (κ3) is 6.65. The monoisotopic (exact) mass is 576 g/mol. The van der Waals surface area contributed by atoms with E-state index in [-0.39, 0.29) is 30.1 Å². The van der Waals surface area contributed by atoms with E-state index in [1.165, 1.54) is 33.3 Å². The number of halogens is 2. The summed E-state index contributed by atoms with van der Waals surface area (Å²) in [6.45, 7) is 2.19. The van der Waals surface area contributed by atoms with Crippen LogP contribution in [0.4, 0.5) is 10.1 Å². The van der Waals surface area contributed by atoms with Gasteiger partial charge in [-0.1, -0.05) is 17.7 Å². The van der Waals surface area contributed by atoms with Gasteiger partial charge in [0.2, 0.25) is 15.9 Å². The van der Waals surface area contributed by atoms with Crippen LogP contribution in [0.5, 0.6) is 0 Å². The zero-order valence-electron chi connectivity index (χ0n) is 20.7. The van der Waals surface area contributed by atoms with Crippen molar-refractivity contribution in [3.8, 4) is 0 Å². The number of hydrogen-bond acceptors (Lipinski definition) is 6. The summed E-state index contributed by atoms with van der Waals surface area (Å²) < 4.78 is 43.3. The predicted octanol–water partition coefficient (Wildman–Crippen LogP) is 4.34. The Kier molecular flexibility index (Phi) is 8.61. The Morgan fingerprint density at radius 2 is 2.11 bits per heavy atom. The maximum absolute atomic E-state index is 15.0. The number of benzene rings is 1. The SMILES string of the molecule is C/C(=C/S(=O)(=O)NC1CCN(c2ccc(C(=O)N(C)CCc3cccnc3)cc2F)C1=O)c1ccc(Cl)s1. The Balaban J connectivity index is 1.40. The standard InChI is InChI=1S/C26H26ClFN4O4S2/c1-17(23-7-8-24(27)37-23)16-38(35,36)30-21-10-13-32(26(21)34)22-6-5-19(14-20(22)28)25(33)31(2)12-9-18-4-3-11-29-15-18/h3-8,11,14-16,21,30H,9-10,12-13H2,1-2H3/b17-16-. The molecule has 0 bridgehead atoms. The van der Waals surface area contributed by atoms with Crippen molar-refractivity contribution in [2.24, 2.45) is 0 Å². The number of hydrogen-bond donors (Lipinski definition) is 1. The summed E-state index contributed by atoms with van der Waals surface area (Å²) in [5.74, 6) is -1.66. The fourth-order valence-electron chi connectivity index (χ4n) is 4.10. The van der Waals surface area contributed by atoms with Crippen LogP contribution in [0.1, 0.15) is 34.1 Å². The van der Waals surface area contributed by atoms with E-state index in [0.29, 0.717) is 27.8 Å². The van der Waals surface area contributed by atoms with E-state index in [4.69, 9.17) is 11.6 Å². The van der Waals surface area contributed by atoms with Crippen LogP contribution in [0.3, 0.4) is 0 Å². The molecule has 0 radical (unpaired) electrons. The normalized spacial score (nSPS) is 16.2. The summed E-state index contributed by atoms with van der Waals surface area (Å²) in [6.07, 6.45) is 4.18. The first kappa shape index (κ1) is 27.9. The summed E-state index contributed by atoms with van der Waals surface area (Å²) in [7, 11) is -2.32. The lowest BCUT2D eigenvalue weighted by atomic mass is 10.1. The second kappa shape index (κ2) is 11.7. The number of carbonyl (C=O) groups excluding carboxylic acids is 2. The number of sulfonamides is 1. The van der Waals surface area contributed by atoms with Gasteiger partial charge in [0.15, 0.2) is 0 Å². The van der Waals surface area contributed by atoms with Gasteiger partial charge in [-0.05, 0) is 67.3 Å². The Hall–Kier alpha value is -3.12. The fourth-order valence-corrected chi connectivity index (χ4v) is 6.47. The molecule has 1 aliphatic rings. The molecule has 1 N–H and O–H groups in total. The summed E-state index contributed by atoms with van der Waals surface area (Å²) >= 11 is 7.17. The quantitative estimate of drug-likeness (QED) is 0.409. The predicted molar refractivity (Wildman–Crippen MR) is 147 cm³/mol. The van der Waals surface area contributed by atoms with Crippen molar-refractivity contribution in [1.82, 2.24) is 14.6 Å². The average Bonchev–Trinajstić information content (AvgIpc) is 3.47. The van der Waals surface area contributed by atoms with Gasteiger partial charge in [-0.25, -0.2) is 12.8 Å². The topological polar surface area (TPSA) is 99.7 Å². The fraction of sp³-hybridized carbons (Fsp3) is 0.269. The number of amides is 2. The van der Waals surface area contributed by atoms with E-state index in [1.54, 1.807) is 38.5 Å². The smallest absolute Gasteiger partial charge is 0.253 e. The second-order valence-electron chi connectivity index (χ2n) is 8.90. The molecule has 12 heteroatoms. The number of pyridine rings is 1. The van der Waals surface area contributed by atoms with Crippen molar-refractivity contribution in [3.05, 3.63) is 86.4 Å². The highest BCUT2D eigenvalue weighted by Crippen LogP contribution is 2.29. The van der Waals surface area contributed by atoms with Gasteiger partial charge < -0.3 is 9.80 Å². The zero-order valence-corrected chi connectivity index (χ0v) is 23.1. The van der Waals surface area contributed by atoms with Gasteiger partial charge in [-0.2, -0.15) is 4.72 Å². The maximum atomic E-state index is 15.0. The van der Waals surface area contributed by atoms with Gasteiger partial charge in [0.05, 0.1) is 15.4 Å². The molecule has 3 aromatic rings. The molecule has 2 amide bonds. The number of carbonyl (C=O) groups is 2. The van der Waals surface area contributed by atoms with Gasteiger partial charge in [0.1, 0.15) is 11.9 Å². The zero-order chi connectivity index (χ0) is 27.4. The molecule has 1 saturated heterocycles. The van der Waals surface area contributed by atoms with Crippen molar-refractivity contribution in [2.75, 3.05) is 25.0 Å². The molecule has 0 saturated carbocycles. The van der Waals surface area contributed by atoms with Crippen molar-refractivity contribution in [1.29, 1.82) is 0 Å². The Bertz CT molecular complexity index is 1480. The lowest BCUT2D eigenvalue weighted by Gasteiger charge is -2.20. The minimum absolute atomic E-state index is 0.00814. The van der Waals surface area contributed by atoms with Crippen LogP contribution in [-0.4, -0.2) is 56.3 Å². The molecule has 1 aromatic carbocycles. The van der Waals surface area contributed by atoms with E-state index in [1.807, 2.05) is 12.1 Å². The maximum Gasteiger partial charge on any atom is 0.253 e. The number of likely N-dealkylation sites (N-methyl/N-ethyl adjacent to an activating group) is 1. The molecule has 3 heterocycles. The van der Waals surface area contributed by atoms with Crippen molar-refractivity contribution in [3.63, 3.8) is 0 Å². The third-order valence-corrected chi connectivity index (χ3v) is 8.74. The van der Waals surface area contributed by atoms with Crippen LogP contribution in [0.25, 0.3) is 5.57 Å². The van der Waals surface area contributed by atoms with E-state index >= 15 is 4.39 Å². The van der Waals surface area contributed by atoms with Crippen LogP contribution < -0.4 is 9.62 Å². The summed E-state index contributed by atoms with van der Waals surface area (Å²) in [6, 6.07) is 10.0. The molecule has 200 valence electrons. The van der Waals surface area contributed by atoms with Crippen LogP contribution >= 0.6 is 22.9 Å². The highest BCUT2D eigenvalue weighted by Gasteiger charge is 2.36. The van der Waals surface area contributed by atoms with Gasteiger partial charge in [-0.15, -0.1) is 11.3 Å². The lowest BCUT2D eigenvalue weighted by molar-refractivity contribution is -0.118. The summed E-state index contributed by atoms with van der Waals surface area (Å²) in [5.41, 5.74) is 1.60. The molecule has 0 aliphatic carbocycles. The molecular weight excluding hydrogens is 551 g/mol. The minimum Gasteiger partial charge on any atom is -0.341 e. The molecule has 2 aromatic heterocycles. The lowest BCUT2D eigenvalue weighted by Crippen LogP contribution is -2.41. The first-order valence-electron chi connectivity index (χ1n) is 11.8. The number of nitrogens with zero attached hydrogens (tertiary/aromatic N) is 3. The van der Waals surface area contributed by atoms with Gasteiger partial charge in [0, 0.05) is 43.0 Å². The minimum atomic E-state index is -3.95. The molecule has 1 unspecified atom stereocenters. The van der Waals surface area contributed by atoms with Crippen molar-refractivity contribution in [2.45, 2.75) is 25.8 Å². The molecule has 1 fully saturated rings. The average molecular weight is 577 g/mol. The van der Waals surface area contributed by atoms with E-state index in [2.05, 4.69) is 9.71 Å². The van der Waals surface area contributed by atoms with Crippen molar-refractivity contribution >= 4 is 56.0 Å². The third-order valence-electron chi connectivity index (χ3n) is 6.10. The number of allylic oxidation sites excluding steroid dienone is 1. The van der Waals surface area contributed by atoms with Crippen LogP contribution in [0, 0.1) is 5.82 Å². The van der Waals surface area contributed by atoms with Crippen LogP contribution in [0.2, 0.25) is 4.34 Å². The van der Waals surface area contributed by atoms with Crippen LogP contribution in [-0.2, 0) is 21.2 Å². The van der Waals surface area contributed by atoms with Crippen LogP contribution in [0.15, 0.2) is 60.3 Å².